The lowest BCUT2D eigenvalue weighted by Crippen LogP contribution is -2.48. The molecule has 0 bridgehead atoms. The molecule has 21 heavy (non-hydrogen) atoms. The summed E-state index contributed by atoms with van der Waals surface area (Å²) in [6.07, 6.45) is 3.13. The van der Waals surface area contributed by atoms with Crippen molar-refractivity contribution in [1.29, 1.82) is 0 Å². The second-order valence-corrected chi connectivity index (χ2v) is 5.54. The van der Waals surface area contributed by atoms with Crippen LogP contribution in [0.15, 0.2) is 6.07 Å². The Labute approximate surface area is 123 Å². The largest absolute Gasteiger partial charge is 0.367 e. The number of carbonyl (C=O) groups is 2. The van der Waals surface area contributed by atoms with Gasteiger partial charge >= 0.3 is 0 Å². The molecule has 7 nitrogen and oxygen atoms in total. The summed E-state index contributed by atoms with van der Waals surface area (Å²) in [5.74, 6) is 1.22. The van der Waals surface area contributed by atoms with E-state index in [9.17, 15) is 9.59 Å². The van der Waals surface area contributed by atoms with Crippen LogP contribution in [0.4, 0.5) is 5.82 Å². The molecule has 1 aromatic rings. The first kappa shape index (κ1) is 13.8. The van der Waals surface area contributed by atoms with Gasteiger partial charge in [-0.25, -0.2) is 9.97 Å². The Hall–Kier alpha value is -2.18. The van der Waals surface area contributed by atoms with E-state index in [1.165, 1.54) is 0 Å². The van der Waals surface area contributed by atoms with Gasteiger partial charge in [0.2, 0.25) is 6.41 Å². The van der Waals surface area contributed by atoms with Gasteiger partial charge in [0.15, 0.2) is 0 Å². The van der Waals surface area contributed by atoms with Crippen LogP contribution in [0.1, 0.15) is 29.2 Å². The molecule has 1 aliphatic heterocycles. The summed E-state index contributed by atoms with van der Waals surface area (Å²) >= 11 is 0. The third kappa shape index (κ3) is 3.29. The number of hydrogen-bond donors (Lipinski definition) is 1. The van der Waals surface area contributed by atoms with Crippen molar-refractivity contribution in [2.45, 2.75) is 25.8 Å². The van der Waals surface area contributed by atoms with E-state index < -0.39 is 0 Å². The maximum absolute atomic E-state index is 12.5. The monoisotopic (exact) mass is 289 g/mol. The fraction of sp³-hybridized carbons (Fsp3) is 0.571. The second kappa shape index (κ2) is 5.67. The molecule has 1 aliphatic carbocycles. The Morgan fingerprint density at radius 2 is 2.00 bits per heavy atom. The minimum atomic E-state index is -0.0927. The van der Waals surface area contributed by atoms with Gasteiger partial charge in [-0.3, -0.25) is 9.59 Å². The van der Waals surface area contributed by atoms with Crippen LogP contribution in [0.5, 0.6) is 0 Å². The second-order valence-electron chi connectivity index (χ2n) is 5.54. The molecule has 3 rings (SSSR count). The van der Waals surface area contributed by atoms with Crippen LogP contribution in [-0.4, -0.2) is 64.3 Å². The Morgan fingerprint density at radius 3 is 2.62 bits per heavy atom. The molecule has 0 radical (unpaired) electrons. The molecule has 2 aliphatic rings. The van der Waals surface area contributed by atoms with Crippen LogP contribution >= 0.6 is 0 Å². The first-order valence-electron chi connectivity index (χ1n) is 7.26. The molecule has 2 fully saturated rings. The van der Waals surface area contributed by atoms with Gasteiger partial charge in [0.25, 0.3) is 5.91 Å². The molecule has 1 saturated carbocycles. The van der Waals surface area contributed by atoms with Crippen LogP contribution < -0.4 is 5.32 Å². The lowest BCUT2D eigenvalue weighted by atomic mass is 10.2. The third-order valence-corrected chi connectivity index (χ3v) is 3.74. The number of hydrogen-bond acceptors (Lipinski definition) is 5. The van der Waals surface area contributed by atoms with E-state index in [0.717, 1.165) is 25.1 Å². The smallest absolute Gasteiger partial charge is 0.272 e. The van der Waals surface area contributed by atoms with Crippen molar-refractivity contribution in [2.75, 3.05) is 31.5 Å². The number of aromatic nitrogens is 2. The molecule has 0 spiro atoms. The zero-order valence-electron chi connectivity index (χ0n) is 12.1. The quantitative estimate of drug-likeness (QED) is 0.805. The average Bonchev–Trinajstić information content (AvgIpc) is 3.30. The number of anilines is 1. The van der Waals surface area contributed by atoms with E-state index in [2.05, 4.69) is 15.3 Å². The highest BCUT2D eigenvalue weighted by atomic mass is 16.2. The van der Waals surface area contributed by atoms with Gasteiger partial charge < -0.3 is 15.1 Å². The van der Waals surface area contributed by atoms with E-state index in [-0.39, 0.29) is 5.91 Å². The SMILES string of the molecule is Cc1nc(NC2CC2)cc(C(=O)N2CCN(C=O)CC2)n1. The summed E-state index contributed by atoms with van der Waals surface area (Å²) in [5.41, 5.74) is 0.421. The molecule has 112 valence electrons. The highest BCUT2D eigenvalue weighted by molar-refractivity contribution is 5.93. The zero-order chi connectivity index (χ0) is 14.8. The van der Waals surface area contributed by atoms with E-state index in [1.54, 1.807) is 22.8 Å². The Morgan fingerprint density at radius 1 is 1.29 bits per heavy atom. The summed E-state index contributed by atoms with van der Waals surface area (Å²) in [6, 6.07) is 2.21. The molecule has 0 atom stereocenters. The van der Waals surface area contributed by atoms with Gasteiger partial charge in [0.1, 0.15) is 17.3 Å². The summed E-state index contributed by atoms with van der Waals surface area (Å²) < 4.78 is 0. The van der Waals surface area contributed by atoms with Gasteiger partial charge in [-0.1, -0.05) is 0 Å². The van der Waals surface area contributed by atoms with Crippen molar-refractivity contribution >= 4 is 18.1 Å². The van der Waals surface area contributed by atoms with Gasteiger partial charge in [-0.15, -0.1) is 0 Å². The van der Waals surface area contributed by atoms with Crippen molar-refractivity contribution in [2.24, 2.45) is 0 Å². The fourth-order valence-electron chi connectivity index (χ4n) is 2.38. The standard InChI is InChI=1S/C14H19N5O2/c1-10-15-12(8-13(16-10)17-11-2-3-11)14(21)19-6-4-18(9-20)5-7-19/h8-9,11H,2-7H2,1H3,(H,15,16,17). The first-order chi connectivity index (χ1) is 10.2. The fourth-order valence-corrected chi connectivity index (χ4v) is 2.38. The van der Waals surface area contributed by atoms with Crippen molar-refractivity contribution in [3.05, 3.63) is 17.6 Å². The summed E-state index contributed by atoms with van der Waals surface area (Å²) in [4.78, 5) is 35.2. The van der Waals surface area contributed by atoms with Crippen molar-refractivity contribution in [1.82, 2.24) is 19.8 Å². The predicted molar refractivity (Wildman–Crippen MR) is 77.0 cm³/mol. The number of nitrogens with zero attached hydrogens (tertiary/aromatic N) is 4. The van der Waals surface area contributed by atoms with E-state index in [1.807, 2.05) is 0 Å². The number of carbonyl (C=O) groups excluding carboxylic acids is 2. The van der Waals surface area contributed by atoms with E-state index >= 15 is 0 Å². The van der Waals surface area contributed by atoms with Crippen LogP contribution in [-0.2, 0) is 4.79 Å². The predicted octanol–water partition coefficient (Wildman–Crippen LogP) is 0.274. The highest BCUT2D eigenvalue weighted by Gasteiger charge is 2.25. The molecular formula is C14H19N5O2. The van der Waals surface area contributed by atoms with Crippen molar-refractivity contribution < 1.29 is 9.59 Å². The minimum absolute atomic E-state index is 0.0927. The Kier molecular flexibility index (Phi) is 3.72. The zero-order valence-corrected chi connectivity index (χ0v) is 12.1. The van der Waals surface area contributed by atoms with Crippen molar-refractivity contribution in [3.63, 3.8) is 0 Å². The molecule has 7 heteroatoms. The molecule has 0 aromatic carbocycles. The molecule has 2 heterocycles. The number of aryl methyl sites for hydroxylation is 1. The maximum atomic E-state index is 12.5. The lowest BCUT2D eigenvalue weighted by Gasteiger charge is -2.32. The number of amides is 2. The van der Waals surface area contributed by atoms with Gasteiger partial charge in [-0.05, 0) is 19.8 Å². The molecule has 1 saturated heterocycles. The Balaban J connectivity index is 1.71. The molecule has 0 unspecified atom stereocenters. The number of nitrogens with one attached hydrogen (secondary N) is 1. The summed E-state index contributed by atoms with van der Waals surface area (Å²) in [5, 5.41) is 3.29. The topological polar surface area (TPSA) is 78.4 Å². The molecular weight excluding hydrogens is 270 g/mol. The van der Waals surface area contributed by atoms with Crippen LogP contribution in [0.3, 0.4) is 0 Å². The van der Waals surface area contributed by atoms with Gasteiger partial charge in [-0.2, -0.15) is 0 Å². The molecule has 2 amide bonds. The van der Waals surface area contributed by atoms with E-state index in [4.69, 9.17) is 0 Å². The van der Waals surface area contributed by atoms with Gasteiger partial charge in [0.05, 0.1) is 0 Å². The van der Waals surface area contributed by atoms with Crippen molar-refractivity contribution in [3.8, 4) is 0 Å². The average molecular weight is 289 g/mol. The molecule has 1 N–H and O–H groups in total. The number of rotatable bonds is 4. The normalized spacial score (nSPS) is 18.5. The Bertz CT molecular complexity index is 550. The van der Waals surface area contributed by atoms with Crippen LogP contribution in [0.25, 0.3) is 0 Å². The maximum Gasteiger partial charge on any atom is 0.272 e. The van der Waals surface area contributed by atoms with E-state index in [0.29, 0.717) is 43.7 Å². The van der Waals surface area contributed by atoms with Gasteiger partial charge in [0, 0.05) is 38.3 Å². The summed E-state index contributed by atoms with van der Waals surface area (Å²) in [6.45, 7) is 4.04. The van der Waals surface area contributed by atoms with Crippen LogP contribution in [0.2, 0.25) is 0 Å². The lowest BCUT2D eigenvalue weighted by molar-refractivity contribution is -0.119. The summed E-state index contributed by atoms with van der Waals surface area (Å²) in [7, 11) is 0. The third-order valence-electron chi connectivity index (χ3n) is 3.74. The molecule has 1 aromatic heterocycles. The highest BCUT2D eigenvalue weighted by Crippen LogP contribution is 2.24. The minimum Gasteiger partial charge on any atom is -0.367 e. The first-order valence-corrected chi connectivity index (χ1v) is 7.26. The number of piperazine rings is 1. The van der Waals surface area contributed by atoms with Crippen LogP contribution in [0, 0.1) is 6.92 Å².